The first-order valence-electron chi connectivity index (χ1n) is 9.91. The van der Waals surface area contributed by atoms with Crippen LogP contribution in [0, 0.1) is 6.92 Å². The molecule has 3 aromatic rings. The van der Waals surface area contributed by atoms with Crippen molar-refractivity contribution in [3.8, 4) is 0 Å². The fourth-order valence-corrected chi connectivity index (χ4v) is 4.68. The molecule has 1 aliphatic heterocycles. The van der Waals surface area contributed by atoms with Crippen LogP contribution < -0.4 is 0 Å². The second-order valence-corrected chi connectivity index (χ2v) is 8.81. The third kappa shape index (κ3) is 3.33. The van der Waals surface area contributed by atoms with Gasteiger partial charge in [-0.1, -0.05) is 11.6 Å². The highest BCUT2D eigenvalue weighted by Gasteiger charge is 2.32. The van der Waals surface area contributed by atoms with Gasteiger partial charge in [0.1, 0.15) is 0 Å². The molecule has 0 saturated heterocycles. The number of hydrogen-bond acceptors (Lipinski definition) is 2. The Bertz CT molecular complexity index is 1020. The quantitative estimate of drug-likeness (QED) is 0.565. The van der Waals surface area contributed by atoms with E-state index in [0.29, 0.717) is 11.6 Å². The van der Waals surface area contributed by atoms with Crippen LogP contribution in [0.3, 0.4) is 0 Å². The van der Waals surface area contributed by atoms with E-state index in [-0.39, 0.29) is 6.54 Å². The smallest absolute Gasteiger partial charge is 0.151 e. The molecule has 0 spiro atoms. The summed E-state index contributed by atoms with van der Waals surface area (Å²) >= 11 is 6.32. The number of alkyl halides is 1. The second-order valence-electron chi connectivity index (χ2n) is 8.38. The maximum absolute atomic E-state index is 15.9. The molecule has 0 N–H and O–H groups in total. The van der Waals surface area contributed by atoms with Gasteiger partial charge in [0.05, 0.1) is 6.54 Å². The van der Waals surface area contributed by atoms with Gasteiger partial charge in [-0.3, -0.25) is 9.88 Å². The van der Waals surface area contributed by atoms with Gasteiger partial charge in [-0.2, -0.15) is 0 Å². The molecule has 1 atom stereocenters. The molecule has 1 aromatic carbocycles. The number of hydrogen-bond donors (Lipinski definition) is 0. The van der Waals surface area contributed by atoms with Crippen LogP contribution in [-0.2, 0) is 25.2 Å². The van der Waals surface area contributed by atoms with Crippen molar-refractivity contribution >= 4 is 22.5 Å². The Kier molecular flexibility index (Phi) is 4.96. The number of pyridine rings is 1. The van der Waals surface area contributed by atoms with Gasteiger partial charge in [0.25, 0.3) is 0 Å². The normalized spacial score (nSPS) is 17.1. The molecular weight excluding hydrogens is 373 g/mol. The van der Waals surface area contributed by atoms with E-state index in [1.165, 1.54) is 11.3 Å². The van der Waals surface area contributed by atoms with Gasteiger partial charge in [-0.25, -0.2) is 4.39 Å². The Hall–Kier alpha value is -1.91. The predicted molar refractivity (Wildman–Crippen MR) is 114 cm³/mol. The fraction of sp³-hybridized carbons (Fsp3) is 0.435. The van der Waals surface area contributed by atoms with E-state index in [0.717, 1.165) is 41.0 Å². The third-order valence-corrected chi connectivity index (χ3v) is 6.25. The zero-order chi connectivity index (χ0) is 20.1. The van der Waals surface area contributed by atoms with Crippen LogP contribution in [0.1, 0.15) is 43.2 Å². The molecular formula is C23H27ClFN3. The molecule has 148 valence electrons. The number of aryl methyl sites for hydroxylation is 1. The standard InChI is InChI=1S/C23H27ClFN3/c1-15(2)27-10-8-22-19(13-27)18-11-17(24)5-6-21(18)28(22)14-23(4,25)20-7-9-26-12-16(20)3/h5-7,9,11-12,15H,8,10,13-14H2,1-4H3. The molecule has 4 rings (SSSR count). The van der Waals surface area contributed by atoms with Crippen molar-refractivity contribution in [1.29, 1.82) is 0 Å². The second kappa shape index (κ2) is 7.16. The Labute approximate surface area is 171 Å². The van der Waals surface area contributed by atoms with Crippen molar-refractivity contribution in [2.45, 2.75) is 58.9 Å². The highest BCUT2D eigenvalue weighted by Crippen LogP contribution is 2.37. The number of aromatic nitrogens is 2. The molecule has 3 heterocycles. The van der Waals surface area contributed by atoms with Gasteiger partial charge in [-0.05, 0) is 68.7 Å². The van der Waals surface area contributed by atoms with Crippen LogP contribution >= 0.6 is 11.6 Å². The summed E-state index contributed by atoms with van der Waals surface area (Å²) in [6, 6.07) is 8.25. The van der Waals surface area contributed by atoms with E-state index < -0.39 is 5.67 Å². The fourth-order valence-electron chi connectivity index (χ4n) is 4.50. The van der Waals surface area contributed by atoms with E-state index in [1.807, 2.05) is 25.1 Å². The van der Waals surface area contributed by atoms with E-state index >= 15 is 4.39 Å². The molecule has 28 heavy (non-hydrogen) atoms. The summed E-state index contributed by atoms with van der Waals surface area (Å²) in [5, 5.41) is 1.87. The minimum absolute atomic E-state index is 0.285. The van der Waals surface area contributed by atoms with E-state index in [9.17, 15) is 0 Å². The molecule has 1 unspecified atom stereocenters. The van der Waals surface area contributed by atoms with Crippen LogP contribution in [0.15, 0.2) is 36.7 Å². The summed E-state index contributed by atoms with van der Waals surface area (Å²) in [4.78, 5) is 6.58. The minimum Gasteiger partial charge on any atom is -0.341 e. The van der Waals surface area contributed by atoms with Gasteiger partial charge in [0.2, 0.25) is 0 Å². The number of rotatable bonds is 4. The molecule has 3 nitrogen and oxygen atoms in total. The van der Waals surface area contributed by atoms with Crippen molar-refractivity contribution in [2.24, 2.45) is 0 Å². The minimum atomic E-state index is -1.48. The zero-order valence-corrected chi connectivity index (χ0v) is 17.7. The molecule has 2 aromatic heterocycles. The first-order chi connectivity index (χ1) is 13.3. The number of benzene rings is 1. The van der Waals surface area contributed by atoms with Gasteiger partial charge in [0.15, 0.2) is 5.67 Å². The lowest BCUT2D eigenvalue weighted by molar-refractivity contribution is 0.157. The predicted octanol–water partition coefficient (Wildman–Crippen LogP) is 5.65. The van der Waals surface area contributed by atoms with Gasteiger partial charge >= 0.3 is 0 Å². The molecule has 0 bridgehead atoms. The lowest BCUT2D eigenvalue weighted by Gasteiger charge is -2.32. The monoisotopic (exact) mass is 399 g/mol. The summed E-state index contributed by atoms with van der Waals surface area (Å²) in [6.45, 7) is 10.2. The zero-order valence-electron chi connectivity index (χ0n) is 17.0. The average Bonchev–Trinajstić information content (AvgIpc) is 2.94. The largest absolute Gasteiger partial charge is 0.341 e. The van der Waals surface area contributed by atoms with Crippen molar-refractivity contribution in [2.75, 3.05) is 6.54 Å². The molecule has 0 aliphatic carbocycles. The van der Waals surface area contributed by atoms with Crippen LogP contribution in [0.4, 0.5) is 4.39 Å². The van der Waals surface area contributed by atoms with Gasteiger partial charge in [-0.15, -0.1) is 0 Å². The van der Waals surface area contributed by atoms with Gasteiger partial charge < -0.3 is 4.57 Å². The van der Waals surface area contributed by atoms with Gasteiger partial charge in [0, 0.05) is 59.6 Å². The first-order valence-corrected chi connectivity index (χ1v) is 10.3. The Morgan fingerprint density at radius 1 is 1.29 bits per heavy atom. The van der Waals surface area contributed by atoms with Crippen LogP contribution in [-0.4, -0.2) is 27.0 Å². The third-order valence-electron chi connectivity index (χ3n) is 6.01. The molecule has 0 amide bonds. The maximum atomic E-state index is 15.9. The molecule has 0 saturated carbocycles. The van der Waals surface area contributed by atoms with Crippen molar-refractivity contribution in [3.63, 3.8) is 0 Å². The van der Waals surface area contributed by atoms with Crippen LogP contribution in [0.25, 0.3) is 10.9 Å². The Morgan fingerprint density at radius 3 is 2.79 bits per heavy atom. The van der Waals surface area contributed by atoms with Crippen molar-refractivity contribution in [1.82, 2.24) is 14.5 Å². The molecule has 0 fully saturated rings. The van der Waals surface area contributed by atoms with Crippen LogP contribution in [0.5, 0.6) is 0 Å². The number of nitrogens with zero attached hydrogens (tertiary/aromatic N) is 3. The van der Waals surface area contributed by atoms with Crippen LogP contribution in [0.2, 0.25) is 5.02 Å². The highest BCUT2D eigenvalue weighted by atomic mass is 35.5. The molecule has 1 aliphatic rings. The Balaban J connectivity index is 1.83. The van der Waals surface area contributed by atoms with E-state index in [2.05, 4.69) is 28.3 Å². The SMILES string of the molecule is Cc1cnccc1C(C)(F)Cn1c2c(c3cc(Cl)ccc31)CN(C(C)C)CC2. The Morgan fingerprint density at radius 2 is 2.07 bits per heavy atom. The van der Waals surface area contributed by atoms with E-state index in [4.69, 9.17) is 11.6 Å². The first kappa shape index (κ1) is 19.4. The van der Waals surface area contributed by atoms with E-state index in [1.54, 1.807) is 25.4 Å². The summed E-state index contributed by atoms with van der Waals surface area (Å²) in [5.74, 6) is 0. The van der Waals surface area contributed by atoms with Crippen molar-refractivity contribution in [3.05, 3.63) is 64.1 Å². The lowest BCUT2D eigenvalue weighted by atomic mass is 9.94. The summed E-state index contributed by atoms with van der Waals surface area (Å²) in [7, 11) is 0. The summed E-state index contributed by atoms with van der Waals surface area (Å²) in [5.41, 5.74) is 3.69. The summed E-state index contributed by atoms with van der Waals surface area (Å²) < 4.78 is 18.1. The number of halogens is 2. The average molecular weight is 400 g/mol. The number of fused-ring (bicyclic) bond motifs is 3. The molecule has 5 heteroatoms. The maximum Gasteiger partial charge on any atom is 0.151 e. The highest BCUT2D eigenvalue weighted by molar-refractivity contribution is 6.31. The molecule has 0 radical (unpaired) electrons. The summed E-state index contributed by atoms with van der Waals surface area (Å²) in [6.07, 6.45) is 4.32. The topological polar surface area (TPSA) is 21.1 Å². The van der Waals surface area contributed by atoms with Crippen molar-refractivity contribution < 1.29 is 4.39 Å². The lowest BCUT2D eigenvalue weighted by Crippen LogP contribution is -2.36.